The Hall–Kier alpha value is -9.15. The number of benzene rings is 2. The zero-order valence-electron chi connectivity index (χ0n) is 72.0. The molecule has 5 N–H and O–H groups in total. The molecule has 3 aliphatic heterocycles. The number of likely N-dealkylation sites (tertiary alicyclic amines) is 2. The predicted molar refractivity (Wildman–Crippen MR) is 450 cm³/mol. The number of amides is 2. The monoisotopic (exact) mass is 1700 g/mol. The molecule has 2 amide bonds. The van der Waals surface area contributed by atoms with Crippen LogP contribution in [0, 0.1) is 51.9 Å². The van der Waals surface area contributed by atoms with Gasteiger partial charge in [-0.3, -0.25) is 24.1 Å². The molecule has 6 aromatic rings. The van der Waals surface area contributed by atoms with Gasteiger partial charge < -0.3 is 68.2 Å². The van der Waals surface area contributed by atoms with Crippen molar-refractivity contribution in [3.8, 4) is 23.8 Å². The first kappa shape index (κ1) is 102. The average molecular weight is 1700 g/mol. The van der Waals surface area contributed by atoms with Gasteiger partial charge in [0.15, 0.2) is 5.78 Å². The van der Waals surface area contributed by atoms with Crippen LogP contribution in [0.3, 0.4) is 0 Å². The van der Waals surface area contributed by atoms with Crippen LogP contribution in [0.2, 0.25) is 0 Å². The number of halogens is 7. The van der Waals surface area contributed by atoms with Crippen LogP contribution in [0.5, 0.6) is 11.5 Å². The number of nitrogens with zero attached hydrogens (tertiary/aromatic N) is 8. The number of carboxylic acid groups (broad SMARTS) is 1. The number of nitrogens with two attached hydrogens (primary N) is 1. The van der Waals surface area contributed by atoms with Gasteiger partial charge in [0.05, 0.1) is 64.8 Å². The van der Waals surface area contributed by atoms with Crippen LogP contribution in [0.1, 0.15) is 202 Å². The molecule has 656 valence electrons. The molecule has 3 unspecified atom stereocenters. The van der Waals surface area contributed by atoms with Crippen molar-refractivity contribution < 1.29 is 92.1 Å². The SMILES string of the molecule is C#C/C(=N\OC(N1CCOCC1)=[N+](C)C)C(=O)OCC.CCC(C)N(CC)C(C)C.COc1cc(C)[nH]c(=O)c1CCC(=O)c1c(C)n(C(C)C2CCN(C(=O)OC(C)(C)C)CC2)c2ccccc12.COc1cc(C)[nH]c(=O)c1CN.Cc1c(C(=O)O)c2ccccc2n1C(C)C1CCN(C(=O)OC(C)(C)C)CC1.Cl.F[P-](F)(F)(F)(F)F. The van der Waals surface area contributed by atoms with Gasteiger partial charge in [-0.25, -0.2) is 28.7 Å². The molecule has 3 fully saturated rings. The van der Waals surface area contributed by atoms with Gasteiger partial charge in [0.2, 0.25) is 5.71 Å². The van der Waals surface area contributed by atoms with E-state index in [4.69, 9.17) is 45.4 Å². The molecule has 26 nitrogen and oxygen atoms in total. The van der Waals surface area contributed by atoms with E-state index in [9.17, 15) is 63.8 Å². The van der Waals surface area contributed by atoms with Gasteiger partial charge in [-0.1, -0.05) is 55.4 Å². The normalized spacial score (nSPS) is 15.5. The number of fused-ring (bicyclic) bond motifs is 2. The summed E-state index contributed by atoms with van der Waals surface area (Å²) in [4.78, 5) is 104. The number of esters is 1. The molecule has 34 heteroatoms. The van der Waals surface area contributed by atoms with Crippen LogP contribution < -0.4 is 26.3 Å². The molecule has 0 bridgehead atoms. The Kier molecular flexibility index (Phi) is 38.4. The van der Waals surface area contributed by atoms with E-state index in [-0.39, 0.29) is 78.9 Å². The molecule has 0 saturated carbocycles. The number of carboxylic acids is 1. The van der Waals surface area contributed by atoms with E-state index in [1.165, 1.54) is 27.2 Å². The fourth-order valence-electron chi connectivity index (χ4n) is 14.2. The van der Waals surface area contributed by atoms with E-state index in [1.54, 1.807) is 47.3 Å². The molecule has 3 saturated heterocycles. The summed E-state index contributed by atoms with van der Waals surface area (Å²) < 4.78 is 96.9. The maximum absolute atomic E-state index is 13.7. The first-order valence-corrected chi connectivity index (χ1v) is 41.1. The van der Waals surface area contributed by atoms with Crippen molar-refractivity contribution in [2.75, 3.05) is 93.9 Å². The Morgan fingerprint density at radius 2 is 1.09 bits per heavy atom. The van der Waals surface area contributed by atoms with Crippen molar-refractivity contribution in [3.05, 3.63) is 126 Å². The Bertz CT molecular complexity index is 4530. The molecule has 0 aliphatic carbocycles. The summed E-state index contributed by atoms with van der Waals surface area (Å²) in [5, 5.41) is 15.1. The first-order valence-electron chi connectivity index (χ1n) is 39.1. The summed E-state index contributed by atoms with van der Waals surface area (Å²) in [6.07, 6.45) is 9.95. The molecule has 9 rings (SSSR count). The number of piperidine rings is 2. The van der Waals surface area contributed by atoms with E-state index in [0.717, 1.165) is 76.3 Å². The number of terminal acetylenes is 1. The van der Waals surface area contributed by atoms with Crippen molar-refractivity contribution in [1.29, 1.82) is 0 Å². The van der Waals surface area contributed by atoms with E-state index in [1.807, 2.05) is 117 Å². The van der Waals surface area contributed by atoms with Gasteiger partial charge >= 0.3 is 63.1 Å². The number of nitrogens with one attached hydrogen (secondary N) is 2. The number of H-pyrrole nitrogens is 2. The van der Waals surface area contributed by atoms with Crippen LogP contribution in [0.25, 0.3) is 21.8 Å². The quantitative estimate of drug-likeness (QED) is 0.00559. The maximum atomic E-state index is 13.7. The summed E-state index contributed by atoms with van der Waals surface area (Å²) >= 11 is 0. The number of ether oxygens (including phenoxy) is 6. The number of aromatic carboxylic acids is 1. The standard InChI is InChI=1S/C31H41N3O5.C22H30N2O4.C13H20N3O4.C9H21N.C8H12N2O2.ClH.F6P/c1-19-18-27(38-7)24(29(36)32-19)12-13-26(35)28-21(3)34(25-11-9-8-10-23(25)28)20(2)22-14-16-33(17-15-22)30(37)39-31(4,5)6;1-14(16-10-12-23(13-11-16)21(27)28-22(3,4)5)24-15(2)19(20(25)26)17-8-6-7-9-18(17)24;1-5-11(12(17)19-6-2)14-20-13(15(3)4)16-7-9-18-10-8-16;1-6-9(5)10(7-2)8(3)4;1-5-3-7(12-2)6(4-9)8(11)10-5;;1-7(2,3,4,5)6/h8-11,18,20,22H,12-17H2,1-7H3,(H,32,36);6-9,14,16H,10-13H2,1-5H3,(H,25,26);1H,6-10H2,2-4H3;8-9H,6-7H2,1-5H3;3H,4,9H2,1-2H3,(H,10,11);1H;/q;;+1;;;;-1/b;;14-11+;;;;. The fourth-order valence-corrected chi connectivity index (χ4v) is 14.2. The number of carbonyl (C=O) groups excluding carboxylic acids is 4. The van der Waals surface area contributed by atoms with Crippen LogP contribution in [-0.4, -0.2) is 207 Å². The number of oxime groups is 1. The van der Waals surface area contributed by atoms with Gasteiger partial charge in [0.25, 0.3) is 11.1 Å². The number of Topliss-reactive ketones (excluding diaryl/α,β-unsaturated/α-hetero) is 1. The number of aromatic nitrogens is 4. The zero-order chi connectivity index (χ0) is 87.8. The van der Waals surface area contributed by atoms with E-state index < -0.39 is 30.9 Å². The van der Waals surface area contributed by atoms with Gasteiger partial charge in [0, 0.05) is 113 Å². The summed E-state index contributed by atoms with van der Waals surface area (Å²) in [6.45, 7) is 42.9. The van der Waals surface area contributed by atoms with Crippen molar-refractivity contribution in [2.24, 2.45) is 22.7 Å². The summed E-state index contributed by atoms with van der Waals surface area (Å²) in [6, 6.07) is 21.5. The molecule has 0 spiro atoms. The molecule has 2 aromatic carbocycles. The van der Waals surface area contributed by atoms with Crippen molar-refractivity contribution >= 4 is 83.7 Å². The van der Waals surface area contributed by atoms with Crippen molar-refractivity contribution in [2.45, 2.75) is 211 Å². The summed E-state index contributed by atoms with van der Waals surface area (Å²) in [5.74, 6) is 2.40. The van der Waals surface area contributed by atoms with Crippen LogP contribution in [0.15, 0.2) is 75.4 Å². The molecule has 7 heterocycles. The number of aromatic amines is 2. The third-order valence-corrected chi connectivity index (χ3v) is 19.7. The number of amidine groups is 1. The third kappa shape index (κ3) is 31.9. The molecular weight excluding hydrogens is 1570 g/mol. The minimum atomic E-state index is -10.7. The number of carbonyl (C=O) groups is 5. The zero-order valence-corrected chi connectivity index (χ0v) is 73.7. The van der Waals surface area contributed by atoms with E-state index in [0.29, 0.717) is 117 Å². The van der Waals surface area contributed by atoms with Gasteiger partial charge in [-0.05, 0) is 198 Å². The van der Waals surface area contributed by atoms with E-state index >= 15 is 0 Å². The number of aryl methyl sites for hydroxylation is 2. The number of rotatable bonds is 19. The van der Waals surface area contributed by atoms with Gasteiger partial charge in [-0.2, -0.15) is 0 Å². The summed E-state index contributed by atoms with van der Waals surface area (Å²) in [7, 11) is -3.96. The number of hydrogen-bond donors (Lipinski definition) is 4. The second-order valence-electron chi connectivity index (χ2n) is 31.2. The Morgan fingerprint density at radius 1 is 0.684 bits per heavy atom. The molecule has 0 radical (unpaired) electrons. The van der Waals surface area contributed by atoms with Crippen LogP contribution in [-0.2, 0) is 41.5 Å². The van der Waals surface area contributed by atoms with Crippen LogP contribution >= 0.6 is 20.2 Å². The molecule has 3 aliphatic rings. The third-order valence-electron chi connectivity index (χ3n) is 19.7. The predicted octanol–water partition coefficient (Wildman–Crippen LogP) is 16.8. The number of morpholine rings is 1. The topological polar surface area (TPSA) is 300 Å². The van der Waals surface area contributed by atoms with Crippen LogP contribution in [0.4, 0.5) is 34.8 Å². The molecule has 3 atom stereocenters. The molecular formula is C83H125ClF6N11O15P. The Labute approximate surface area is 689 Å². The average Bonchev–Trinajstić information content (AvgIpc) is 1.62. The number of para-hydroxylation sites is 2. The number of hydrogen-bond acceptors (Lipinski definition) is 17. The molecule has 117 heavy (non-hydrogen) atoms. The van der Waals surface area contributed by atoms with Crippen molar-refractivity contribution in [1.82, 2.24) is 38.7 Å². The number of pyridine rings is 2. The Morgan fingerprint density at radius 3 is 1.45 bits per heavy atom. The van der Waals surface area contributed by atoms with Gasteiger partial charge in [-0.15, -0.1) is 18.8 Å². The summed E-state index contributed by atoms with van der Waals surface area (Å²) in [5.41, 5.74) is 11.1. The Balaban J connectivity index is 0.000000397. The minimum absolute atomic E-state index is 0. The second-order valence-corrected chi connectivity index (χ2v) is 33.1. The number of methoxy groups -OCH3 is 2. The van der Waals surface area contributed by atoms with E-state index in [2.05, 4.69) is 89.6 Å². The van der Waals surface area contributed by atoms with Gasteiger partial charge in [0.1, 0.15) is 35.8 Å². The number of ketones is 1. The van der Waals surface area contributed by atoms with Crippen molar-refractivity contribution in [3.63, 3.8) is 0 Å². The second kappa shape index (κ2) is 44.1. The first-order chi connectivity index (χ1) is 53.9. The molecule has 4 aromatic heterocycles. The fraction of sp³-hybridized carbons (Fsp3) is 0.578.